The Morgan fingerprint density at radius 2 is 1.87 bits per heavy atom. The molecule has 1 aliphatic rings. The van der Waals surface area contributed by atoms with E-state index in [4.69, 9.17) is 0 Å². The quantitative estimate of drug-likeness (QED) is 0.931. The molecule has 0 spiro atoms. The zero-order valence-electron chi connectivity index (χ0n) is 14.1. The Labute approximate surface area is 137 Å². The molecule has 0 aliphatic carbocycles. The number of nitrogens with zero attached hydrogens (tertiary/aromatic N) is 2. The second-order valence-electron chi connectivity index (χ2n) is 6.66. The van der Waals surface area contributed by atoms with E-state index in [0.29, 0.717) is 6.54 Å². The molecule has 4 heteroatoms. The molecule has 1 aromatic heterocycles. The summed E-state index contributed by atoms with van der Waals surface area (Å²) in [5.41, 5.74) is 4.40. The summed E-state index contributed by atoms with van der Waals surface area (Å²) in [5.74, 6) is 0. The molecule has 1 aromatic carbocycles. The number of nitrogens with one attached hydrogen (secondary N) is 1. The summed E-state index contributed by atoms with van der Waals surface area (Å²) in [6.45, 7) is 8.31. The smallest absolute Gasteiger partial charge is 0.266 e. The van der Waals surface area contributed by atoms with Crippen LogP contribution in [0.15, 0.2) is 35.1 Å². The van der Waals surface area contributed by atoms with Crippen molar-refractivity contribution in [2.75, 3.05) is 19.6 Å². The van der Waals surface area contributed by atoms with Gasteiger partial charge in [0.15, 0.2) is 0 Å². The largest absolute Gasteiger partial charge is 0.333 e. The average molecular weight is 312 g/mol. The Kier molecular flexibility index (Phi) is 4.91. The first-order valence-electron chi connectivity index (χ1n) is 8.63. The highest BCUT2D eigenvalue weighted by molar-refractivity contribution is 5.63. The molecule has 2 aromatic rings. The predicted molar refractivity (Wildman–Crippen MR) is 92.8 cm³/mol. The summed E-state index contributed by atoms with van der Waals surface area (Å²) in [6, 6.07) is 9.85. The average Bonchev–Trinajstić information content (AvgIpc) is 2.57. The SMILES string of the molecule is Cc1ccc(C)c(-c2ccc(=O)n(CC[NH+]3CCCCC3)n2)c1. The third-order valence-corrected chi connectivity index (χ3v) is 4.77. The van der Waals surface area contributed by atoms with Gasteiger partial charge >= 0.3 is 0 Å². The van der Waals surface area contributed by atoms with E-state index in [0.717, 1.165) is 17.8 Å². The molecular formula is C19H26N3O+. The molecule has 122 valence electrons. The van der Waals surface area contributed by atoms with Gasteiger partial charge in [0.1, 0.15) is 0 Å². The van der Waals surface area contributed by atoms with Gasteiger partial charge in [-0.05, 0) is 50.8 Å². The number of hydrogen-bond donors (Lipinski definition) is 1. The van der Waals surface area contributed by atoms with E-state index < -0.39 is 0 Å². The van der Waals surface area contributed by atoms with Crippen molar-refractivity contribution in [3.05, 3.63) is 51.8 Å². The maximum absolute atomic E-state index is 12.1. The van der Waals surface area contributed by atoms with Crippen LogP contribution < -0.4 is 10.5 Å². The Balaban J connectivity index is 1.81. The van der Waals surface area contributed by atoms with Gasteiger partial charge in [0.2, 0.25) is 0 Å². The minimum atomic E-state index is -0.00420. The summed E-state index contributed by atoms with van der Waals surface area (Å²) in [5, 5.41) is 4.62. The van der Waals surface area contributed by atoms with Crippen molar-refractivity contribution in [1.82, 2.24) is 9.78 Å². The van der Waals surface area contributed by atoms with E-state index in [9.17, 15) is 4.79 Å². The van der Waals surface area contributed by atoms with Gasteiger partial charge in [-0.15, -0.1) is 0 Å². The molecule has 23 heavy (non-hydrogen) atoms. The fraction of sp³-hybridized carbons (Fsp3) is 0.474. The van der Waals surface area contributed by atoms with Crippen molar-refractivity contribution in [2.45, 2.75) is 39.7 Å². The molecule has 1 N–H and O–H groups in total. The van der Waals surface area contributed by atoms with Crippen LogP contribution in [0.4, 0.5) is 0 Å². The van der Waals surface area contributed by atoms with E-state index in [1.807, 2.05) is 6.07 Å². The lowest BCUT2D eigenvalue weighted by molar-refractivity contribution is -0.905. The van der Waals surface area contributed by atoms with Crippen LogP contribution in [0.1, 0.15) is 30.4 Å². The maximum atomic E-state index is 12.1. The van der Waals surface area contributed by atoms with Crippen molar-refractivity contribution in [3.63, 3.8) is 0 Å². The predicted octanol–water partition coefficient (Wildman–Crippen LogP) is 1.60. The van der Waals surface area contributed by atoms with Crippen LogP contribution in [-0.4, -0.2) is 29.4 Å². The van der Waals surface area contributed by atoms with Gasteiger partial charge in [0.25, 0.3) is 5.56 Å². The molecule has 0 saturated carbocycles. The Bertz CT molecular complexity index is 730. The summed E-state index contributed by atoms with van der Waals surface area (Å²) < 4.78 is 1.64. The van der Waals surface area contributed by atoms with Gasteiger partial charge in [-0.1, -0.05) is 17.7 Å². The second kappa shape index (κ2) is 7.09. The van der Waals surface area contributed by atoms with Crippen molar-refractivity contribution in [1.29, 1.82) is 0 Å². The molecular weight excluding hydrogens is 286 g/mol. The summed E-state index contributed by atoms with van der Waals surface area (Å²) in [6.07, 6.45) is 3.96. The van der Waals surface area contributed by atoms with Gasteiger partial charge in [-0.2, -0.15) is 5.10 Å². The number of aryl methyl sites for hydroxylation is 2. The van der Waals surface area contributed by atoms with Crippen LogP contribution >= 0.6 is 0 Å². The summed E-state index contributed by atoms with van der Waals surface area (Å²) >= 11 is 0. The zero-order valence-corrected chi connectivity index (χ0v) is 14.1. The van der Waals surface area contributed by atoms with Crippen molar-refractivity contribution < 1.29 is 4.90 Å². The molecule has 1 aliphatic heterocycles. The van der Waals surface area contributed by atoms with Crippen molar-refractivity contribution in [3.8, 4) is 11.3 Å². The maximum Gasteiger partial charge on any atom is 0.266 e. The first-order valence-corrected chi connectivity index (χ1v) is 8.63. The van der Waals surface area contributed by atoms with Gasteiger partial charge in [-0.3, -0.25) is 4.79 Å². The minimum Gasteiger partial charge on any atom is -0.333 e. The first-order chi connectivity index (χ1) is 11.1. The Morgan fingerprint density at radius 1 is 1.09 bits per heavy atom. The van der Waals surface area contributed by atoms with Gasteiger partial charge in [0.05, 0.1) is 31.9 Å². The summed E-state index contributed by atoms with van der Waals surface area (Å²) in [7, 11) is 0. The molecule has 0 radical (unpaired) electrons. The zero-order chi connectivity index (χ0) is 16.2. The number of benzene rings is 1. The minimum absolute atomic E-state index is 0.00420. The number of piperidine rings is 1. The molecule has 1 saturated heterocycles. The molecule has 0 atom stereocenters. The van der Waals surface area contributed by atoms with Crippen LogP contribution in [-0.2, 0) is 6.54 Å². The molecule has 0 amide bonds. The number of likely N-dealkylation sites (tertiary alicyclic amines) is 1. The molecule has 0 bridgehead atoms. The third-order valence-electron chi connectivity index (χ3n) is 4.77. The second-order valence-corrected chi connectivity index (χ2v) is 6.66. The Morgan fingerprint density at radius 3 is 2.65 bits per heavy atom. The fourth-order valence-corrected chi connectivity index (χ4v) is 3.33. The van der Waals surface area contributed by atoms with Crippen LogP contribution in [0.25, 0.3) is 11.3 Å². The van der Waals surface area contributed by atoms with E-state index in [-0.39, 0.29) is 5.56 Å². The van der Waals surface area contributed by atoms with Gasteiger partial charge in [0, 0.05) is 11.6 Å². The van der Waals surface area contributed by atoms with Gasteiger partial charge < -0.3 is 4.90 Å². The number of hydrogen-bond acceptors (Lipinski definition) is 2. The van der Waals surface area contributed by atoms with E-state index in [1.54, 1.807) is 15.6 Å². The van der Waals surface area contributed by atoms with E-state index in [1.165, 1.54) is 43.5 Å². The lowest BCUT2D eigenvalue weighted by Crippen LogP contribution is -3.13. The molecule has 4 nitrogen and oxygen atoms in total. The van der Waals surface area contributed by atoms with E-state index >= 15 is 0 Å². The highest BCUT2D eigenvalue weighted by Gasteiger charge is 2.14. The van der Waals surface area contributed by atoms with Crippen LogP contribution in [0.3, 0.4) is 0 Å². The first kappa shape index (κ1) is 15.9. The number of rotatable bonds is 4. The van der Waals surface area contributed by atoms with Crippen molar-refractivity contribution in [2.24, 2.45) is 0 Å². The summed E-state index contributed by atoms with van der Waals surface area (Å²) in [4.78, 5) is 13.7. The van der Waals surface area contributed by atoms with Crippen LogP contribution in [0, 0.1) is 13.8 Å². The fourth-order valence-electron chi connectivity index (χ4n) is 3.33. The van der Waals surface area contributed by atoms with Crippen LogP contribution in [0.2, 0.25) is 0 Å². The van der Waals surface area contributed by atoms with E-state index in [2.05, 4.69) is 37.1 Å². The van der Waals surface area contributed by atoms with Crippen molar-refractivity contribution >= 4 is 0 Å². The highest BCUT2D eigenvalue weighted by atomic mass is 16.1. The lowest BCUT2D eigenvalue weighted by atomic mass is 10.0. The monoisotopic (exact) mass is 312 g/mol. The topological polar surface area (TPSA) is 39.3 Å². The third kappa shape index (κ3) is 3.88. The standard InChI is InChI=1S/C19H25N3O/c1-15-6-7-16(2)17(14-15)18-8-9-19(23)22(20-18)13-12-21-10-4-3-5-11-21/h6-9,14H,3-5,10-13H2,1-2H3/p+1. The van der Waals surface area contributed by atoms with Gasteiger partial charge in [-0.25, -0.2) is 4.68 Å². The highest BCUT2D eigenvalue weighted by Crippen LogP contribution is 2.21. The lowest BCUT2D eigenvalue weighted by Gasteiger charge is -2.23. The normalized spacial score (nSPS) is 15.7. The molecule has 1 fully saturated rings. The van der Waals surface area contributed by atoms with Crippen LogP contribution in [0.5, 0.6) is 0 Å². The Hall–Kier alpha value is -1.94. The molecule has 0 unspecified atom stereocenters. The number of quaternary nitrogens is 1. The number of aromatic nitrogens is 2. The molecule has 2 heterocycles. The molecule has 3 rings (SSSR count).